The van der Waals surface area contributed by atoms with E-state index in [1.807, 2.05) is 53.9 Å². The van der Waals surface area contributed by atoms with Crippen LogP contribution in [0.15, 0.2) is 53.7 Å². The summed E-state index contributed by atoms with van der Waals surface area (Å²) in [5, 5.41) is 15.1. The molecule has 0 bridgehead atoms. The van der Waals surface area contributed by atoms with Crippen LogP contribution in [0, 0.1) is 6.92 Å². The first kappa shape index (κ1) is 20.6. The van der Waals surface area contributed by atoms with Crippen LogP contribution in [-0.2, 0) is 6.42 Å². The number of aliphatic imine (C=N–C) groups is 1. The number of aromatic nitrogens is 3. The molecule has 7 nitrogen and oxygen atoms in total. The number of hydrogen-bond acceptors (Lipinski definition) is 4. The van der Waals surface area contributed by atoms with Gasteiger partial charge in [0.05, 0.1) is 6.54 Å². The summed E-state index contributed by atoms with van der Waals surface area (Å²) >= 11 is 0. The van der Waals surface area contributed by atoms with Gasteiger partial charge in [-0.3, -0.25) is 4.40 Å². The van der Waals surface area contributed by atoms with Crippen LogP contribution >= 0.6 is 0 Å². The molecule has 1 atom stereocenters. The molecule has 7 heteroatoms. The largest absolute Gasteiger partial charge is 0.489 e. The lowest BCUT2D eigenvalue weighted by Gasteiger charge is -2.15. The third-order valence-corrected chi connectivity index (χ3v) is 4.43. The van der Waals surface area contributed by atoms with Gasteiger partial charge in [-0.1, -0.05) is 18.2 Å². The predicted octanol–water partition coefficient (Wildman–Crippen LogP) is 2.99. The maximum atomic E-state index is 5.96. The highest BCUT2D eigenvalue weighted by Crippen LogP contribution is 2.14. The smallest absolute Gasteiger partial charge is 0.191 e. The van der Waals surface area contributed by atoms with Gasteiger partial charge >= 0.3 is 0 Å². The highest BCUT2D eigenvalue weighted by atomic mass is 16.5. The first-order chi connectivity index (χ1) is 14.2. The lowest BCUT2D eigenvalue weighted by atomic mass is 10.2. The minimum atomic E-state index is -0.00499. The van der Waals surface area contributed by atoms with Crippen LogP contribution in [0.3, 0.4) is 0 Å². The molecule has 29 heavy (non-hydrogen) atoms. The van der Waals surface area contributed by atoms with Gasteiger partial charge in [-0.05, 0) is 57.0 Å². The fraction of sp³-hybridized carbons (Fsp3) is 0.409. The number of nitrogens with one attached hydrogen (secondary N) is 2. The summed E-state index contributed by atoms with van der Waals surface area (Å²) in [6.45, 7) is 8.36. The molecule has 0 spiro atoms. The zero-order valence-corrected chi connectivity index (χ0v) is 17.4. The Hall–Kier alpha value is -3.09. The molecule has 0 radical (unpaired) electrons. The molecule has 3 aromatic rings. The van der Waals surface area contributed by atoms with Crippen molar-refractivity contribution < 1.29 is 4.74 Å². The second-order valence-electron chi connectivity index (χ2n) is 7.04. The number of rotatable bonds is 9. The molecule has 0 aliphatic rings. The van der Waals surface area contributed by atoms with Crippen molar-refractivity contribution >= 4 is 11.6 Å². The third-order valence-electron chi connectivity index (χ3n) is 4.43. The van der Waals surface area contributed by atoms with Crippen LogP contribution in [0.2, 0.25) is 0 Å². The van der Waals surface area contributed by atoms with Crippen LogP contribution in [0.4, 0.5) is 0 Å². The fourth-order valence-corrected chi connectivity index (χ4v) is 3.03. The van der Waals surface area contributed by atoms with E-state index in [2.05, 4.69) is 45.7 Å². The van der Waals surface area contributed by atoms with Crippen molar-refractivity contribution in [2.45, 2.75) is 39.7 Å². The highest BCUT2D eigenvalue weighted by Gasteiger charge is 2.06. The predicted molar refractivity (Wildman–Crippen MR) is 117 cm³/mol. The van der Waals surface area contributed by atoms with E-state index >= 15 is 0 Å². The first-order valence-corrected chi connectivity index (χ1v) is 10.2. The Morgan fingerprint density at radius 3 is 2.90 bits per heavy atom. The monoisotopic (exact) mass is 394 g/mol. The summed E-state index contributed by atoms with van der Waals surface area (Å²) in [5.41, 5.74) is 2.07. The van der Waals surface area contributed by atoms with E-state index in [0.29, 0.717) is 6.54 Å². The molecule has 2 N–H and O–H groups in total. The molecule has 2 aromatic heterocycles. The van der Waals surface area contributed by atoms with Gasteiger partial charge in [0, 0.05) is 25.7 Å². The molecule has 0 fully saturated rings. The van der Waals surface area contributed by atoms with Crippen LogP contribution in [0.25, 0.3) is 5.65 Å². The Morgan fingerprint density at radius 1 is 1.17 bits per heavy atom. The molecule has 1 unspecified atom stereocenters. The van der Waals surface area contributed by atoms with Crippen molar-refractivity contribution in [3.63, 3.8) is 0 Å². The topological polar surface area (TPSA) is 75.8 Å². The molecule has 0 aliphatic heterocycles. The molecule has 2 heterocycles. The molecular weight excluding hydrogens is 364 g/mol. The number of aryl methyl sites for hydroxylation is 2. The van der Waals surface area contributed by atoms with Crippen LogP contribution in [0.5, 0.6) is 5.75 Å². The molecular formula is C22H30N6O. The lowest BCUT2D eigenvalue weighted by molar-refractivity contribution is 0.230. The van der Waals surface area contributed by atoms with Crippen LogP contribution < -0.4 is 15.4 Å². The standard InChI is InChI=1S/C22H30N6O/c1-4-23-22(25-16-18(3)29-19-10-7-9-17(2)15-19)24-13-8-12-21-27-26-20-11-5-6-14-28(20)21/h5-7,9-11,14-15,18H,4,8,12-13,16H2,1-3H3,(H2,23,24,25). The normalized spacial score (nSPS) is 12.7. The maximum Gasteiger partial charge on any atom is 0.191 e. The van der Waals surface area contributed by atoms with Crippen molar-refractivity contribution in [2.24, 2.45) is 4.99 Å². The second-order valence-corrected chi connectivity index (χ2v) is 7.04. The van der Waals surface area contributed by atoms with Crippen molar-refractivity contribution in [1.82, 2.24) is 25.2 Å². The summed E-state index contributed by atoms with van der Waals surface area (Å²) in [6, 6.07) is 14.0. The Kier molecular flexibility index (Phi) is 7.44. The van der Waals surface area contributed by atoms with E-state index in [0.717, 1.165) is 49.1 Å². The van der Waals surface area contributed by atoms with Gasteiger partial charge in [-0.15, -0.1) is 10.2 Å². The summed E-state index contributed by atoms with van der Waals surface area (Å²) in [5.74, 6) is 2.66. The number of fused-ring (bicyclic) bond motifs is 1. The highest BCUT2D eigenvalue weighted by molar-refractivity contribution is 5.79. The Balaban J connectivity index is 1.46. The number of nitrogens with zero attached hydrogens (tertiary/aromatic N) is 4. The number of guanidine groups is 1. The summed E-state index contributed by atoms with van der Waals surface area (Å²) in [7, 11) is 0. The Labute approximate surface area is 172 Å². The van der Waals surface area contributed by atoms with E-state index in [1.54, 1.807) is 0 Å². The zero-order valence-electron chi connectivity index (χ0n) is 17.4. The average Bonchev–Trinajstić information content (AvgIpc) is 3.12. The van der Waals surface area contributed by atoms with E-state index < -0.39 is 0 Å². The zero-order chi connectivity index (χ0) is 20.5. The van der Waals surface area contributed by atoms with E-state index in [1.165, 1.54) is 5.56 Å². The average molecular weight is 395 g/mol. The lowest BCUT2D eigenvalue weighted by Crippen LogP contribution is -2.38. The Bertz CT molecular complexity index is 936. The van der Waals surface area contributed by atoms with Gasteiger partial charge in [-0.2, -0.15) is 0 Å². The molecule has 0 amide bonds. The van der Waals surface area contributed by atoms with E-state index in [-0.39, 0.29) is 6.10 Å². The molecule has 0 saturated heterocycles. The van der Waals surface area contributed by atoms with Gasteiger partial charge in [0.25, 0.3) is 0 Å². The molecule has 0 saturated carbocycles. The van der Waals surface area contributed by atoms with Gasteiger partial charge < -0.3 is 15.4 Å². The maximum absolute atomic E-state index is 5.96. The minimum absolute atomic E-state index is 0.00499. The molecule has 1 aromatic carbocycles. The van der Waals surface area contributed by atoms with Gasteiger partial charge in [0.1, 0.15) is 17.7 Å². The summed E-state index contributed by atoms with van der Waals surface area (Å²) < 4.78 is 7.99. The Morgan fingerprint density at radius 2 is 2.07 bits per heavy atom. The fourth-order valence-electron chi connectivity index (χ4n) is 3.03. The van der Waals surface area contributed by atoms with E-state index in [9.17, 15) is 0 Å². The van der Waals surface area contributed by atoms with Crippen LogP contribution in [-0.4, -0.2) is 46.3 Å². The third kappa shape index (κ3) is 6.20. The van der Waals surface area contributed by atoms with Crippen molar-refractivity contribution in [1.29, 1.82) is 0 Å². The van der Waals surface area contributed by atoms with Gasteiger partial charge in [-0.25, -0.2) is 4.99 Å². The van der Waals surface area contributed by atoms with Crippen molar-refractivity contribution in [2.75, 3.05) is 19.6 Å². The van der Waals surface area contributed by atoms with Gasteiger partial charge in [0.15, 0.2) is 11.6 Å². The number of pyridine rings is 1. The van der Waals surface area contributed by atoms with Crippen LogP contribution in [0.1, 0.15) is 31.7 Å². The number of ether oxygens (including phenoxy) is 1. The van der Waals surface area contributed by atoms with E-state index in [4.69, 9.17) is 4.74 Å². The van der Waals surface area contributed by atoms with Crippen molar-refractivity contribution in [3.05, 3.63) is 60.0 Å². The van der Waals surface area contributed by atoms with Gasteiger partial charge in [0.2, 0.25) is 0 Å². The van der Waals surface area contributed by atoms with Crippen molar-refractivity contribution in [3.8, 4) is 5.75 Å². The molecule has 3 rings (SSSR count). The SMILES string of the molecule is CCNC(=NCC(C)Oc1cccc(C)c1)NCCCc1nnc2ccccn12. The quantitative estimate of drug-likeness (QED) is 0.331. The minimum Gasteiger partial charge on any atom is -0.489 e. The second kappa shape index (κ2) is 10.5. The summed E-state index contributed by atoms with van der Waals surface area (Å²) in [4.78, 5) is 4.65. The molecule has 0 aliphatic carbocycles. The summed E-state index contributed by atoms with van der Waals surface area (Å²) in [6.07, 6.45) is 3.79. The number of hydrogen-bond donors (Lipinski definition) is 2. The first-order valence-electron chi connectivity index (χ1n) is 10.2. The number of benzene rings is 1. The molecule has 154 valence electrons.